The number of fused-ring (bicyclic) bond motifs is 1. The number of hydrogen-bond acceptors (Lipinski definition) is 2. The standard InChI is InChI=1S/C13H20O2/c1-2-12(14)15-13-9-5-3-7-11(13)8-4-6-10-13/h2,11H,1,3-10H2. The van der Waals surface area contributed by atoms with Crippen LogP contribution in [0.15, 0.2) is 12.7 Å². The SMILES string of the molecule is C=CC(=O)OC12CCCCC1CCCC2. The average Bonchev–Trinajstić information content (AvgIpc) is 2.28. The van der Waals surface area contributed by atoms with Crippen LogP contribution in [0.25, 0.3) is 0 Å². The quantitative estimate of drug-likeness (QED) is 0.514. The van der Waals surface area contributed by atoms with Gasteiger partial charge in [-0.3, -0.25) is 0 Å². The van der Waals surface area contributed by atoms with Gasteiger partial charge in [0.25, 0.3) is 0 Å². The van der Waals surface area contributed by atoms with Crippen molar-refractivity contribution < 1.29 is 9.53 Å². The molecule has 15 heavy (non-hydrogen) atoms. The lowest BCUT2D eigenvalue weighted by Gasteiger charge is -2.46. The second kappa shape index (κ2) is 4.38. The molecule has 0 atom stereocenters. The first-order valence-electron chi connectivity index (χ1n) is 6.12. The molecule has 0 radical (unpaired) electrons. The molecule has 0 N–H and O–H groups in total. The van der Waals surface area contributed by atoms with Gasteiger partial charge in [0.1, 0.15) is 5.60 Å². The molecule has 84 valence electrons. The van der Waals surface area contributed by atoms with E-state index < -0.39 is 0 Å². The van der Waals surface area contributed by atoms with Gasteiger partial charge in [0.15, 0.2) is 0 Å². The summed E-state index contributed by atoms with van der Waals surface area (Å²) in [7, 11) is 0. The van der Waals surface area contributed by atoms with Gasteiger partial charge in [-0.05, 0) is 44.4 Å². The van der Waals surface area contributed by atoms with E-state index in [1.807, 2.05) is 0 Å². The lowest BCUT2D eigenvalue weighted by atomic mass is 9.67. The van der Waals surface area contributed by atoms with Crippen LogP contribution in [0.3, 0.4) is 0 Å². The van der Waals surface area contributed by atoms with Crippen LogP contribution in [0.2, 0.25) is 0 Å². The van der Waals surface area contributed by atoms with Crippen molar-refractivity contribution in [2.24, 2.45) is 5.92 Å². The summed E-state index contributed by atoms with van der Waals surface area (Å²) < 4.78 is 5.68. The summed E-state index contributed by atoms with van der Waals surface area (Å²) in [6.45, 7) is 3.49. The largest absolute Gasteiger partial charge is 0.456 e. The fourth-order valence-electron chi connectivity index (χ4n) is 3.26. The van der Waals surface area contributed by atoms with Crippen molar-refractivity contribution in [1.82, 2.24) is 0 Å². The molecule has 0 aromatic rings. The maximum Gasteiger partial charge on any atom is 0.330 e. The fraction of sp³-hybridized carbons (Fsp3) is 0.769. The molecular formula is C13H20O2. The van der Waals surface area contributed by atoms with E-state index in [4.69, 9.17) is 4.74 Å². The molecule has 2 heteroatoms. The van der Waals surface area contributed by atoms with Crippen LogP contribution < -0.4 is 0 Å². The Labute approximate surface area is 91.7 Å². The summed E-state index contributed by atoms with van der Waals surface area (Å²) in [6, 6.07) is 0. The highest BCUT2D eigenvalue weighted by molar-refractivity contribution is 5.81. The average molecular weight is 208 g/mol. The molecule has 2 aliphatic rings. The van der Waals surface area contributed by atoms with Crippen molar-refractivity contribution in [1.29, 1.82) is 0 Å². The molecule has 0 spiro atoms. The zero-order valence-electron chi connectivity index (χ0n) is 9.34. The second-order valence-corrected chi connectivity index (χ2v) is 4.88. The van der Waals surface area contributed by atoms with E-state index in [9.17, 15) is 4.79 Å². The summed E-state index contributed by atoms with van der Waals surface area (Å²) in [5.41, 5.74) is -0.123. The molecule has 0 bridgehead atoms. The third kappa shape index (κ3) is 2.09. The van der Waals surface area contributed by atoms with E-state index in [-0.39, 0.29) is 11.6 Å². The molecule has 2 fully saturated rings. The molecule has 0 aromatic carbocycles. The van der Waals surface area contributed by atoms with Crippen LogP contribution in [0.1, 0.15) is 51.4 Å². The van der Waals surface area contributed by atoms with E-state index in [0.717, 1.165) is 12.8 Å². The number of carbonyl (C=O) groups excluding carboxylic acids is 1. The van der Waals surface area contributed by atoms with Crippen LogP contribution >= 0.6 is 0 Å². The lowest BCUT2D eigenvalue weighted by Crippen LogP contribution is -2.46. The highest BCUT2D eigenvalue weighted by Gasteiger charge is 2.44. The topological polar surface area (TPSA) is 26.3 Å². The molecule has 0 aromatic heterocycles. The van der Waals surface area contributed by atoms with Crippen LogP contribution in [-0.4, -0.2) is 11.6 Å². The Bertz CT molecular complexity index is 245. The van der Waals surface area contributed by atoms with Crippen LogP contribution in [-0.2, 0) is 9.53 Å². The Morgan fingerprint density at radius 1 is 1.20 bits per heavy atom. The van der Waals surface area contributed by atoms with Gasteiger partial charge >= 0.3 is 5.97 Å². The lowest BCUT2D eigenvalue weighted by molar-refractivity contribution is -0.170. The molecule has 0 unspecified atom stereocenters. The molecule has 2 nitrogen and oxygen atoms in total. The Balaban J connectivity index is 2.11. The van der Waals surface area contributed by atoms with Crippen molar-refractivity contribution >= 4 is 5.97 Å². The van der Waals surface area contributed by atoms with Crippen molar-refractivity contribution in [3.05, 3.63) is 12.7 Å². The van der Waals surface area contributed by atoms with Gasteiger partial charge in [0.05, 0.1) is 0 Å². The third-order valence-corrected chi connectivity index (χ3v) is 4.02. The Morgan fingerprint density at radius 3 is 2.33 bits per heavy atom. The van der Waals surface area contributed by atoms with Crippen molar-refractivity contribution in [3.63, 3.8) is 0 Å². The molecule has 2 rings (SSSR count). The smallest absolute Gasteiger partial charge is 0.330 e. The fourth-order valence-corrected chi connectivity index (χ4v) is 3.26. The summed E-state index contributed by atoms with van der Waals surface area (Å²) >= 11 is 0. The normalized spacial score (nSPS) is 35.3. The Morgan fingerprint density at radius 2 is 1.80 bits per heavy atom. The predicted molar refractivity (Wildman–Crippen MR) is 59.4 cm³/mol. The Hall–Kier alpha value is -0.790. The Kier molecular flexibility index (Phi) is 3.13. The van der Waals surface area contributed by atoms with Gasteiger partial charge in [0, 0.05) is 6.08 Å². The zero-order valence-corrected chi connectivity index (χ0v) is 9.34. The summed E-state index contributed by atoms with van der Waals surface area (Å²) in [5.74, 6) is 0.382. The van der Waals surface area contributed by atoms with Gasteiger partial charge < -0.3 is 4.74 Å². The van der Waals surface area contributed by atoms with Crippen molar-refractivity contribution in [2.75, 3.05) is 0 Å². The summed E-state index contributed by atoms with van der Waals surface area (Å²) in [4.78, 5) is 11.4. The molecule has 0 saturated heterocycles. The highest BCUT2D eigenvalue weighted by atomic mass is 16.6. The van der Waals surface area contributed by atoms with Crippen LogP contribution in [0.5, 0.6) is 0 Å². The minimum atomic E-state index is -0.233. The first kappa shape index (κ1) is 10.7. The maximum absolute atomic E-state index is 11.4. The van der Waals surface area contributed by atoms with E-state index >= 15 is 0 Å². The molecule has 0 amide bonds. The van der Waals surface area contributed by atoms with Gasteiger partial charge in [-0.25, -0.2) is 4.79 Å². The van der Waals surface area contributed by atoms with Gasteiger partial charge in [-0.2, -0.15) is 0 Å². The van der Waals surface area contributed by atoms with E-state index in [0.29, 0.717) is 5.92 Å². The minimum absolute atomic E-state index is 0.123. The predicted octanol–water partition coefficient (Wildman–Crippen LogP) is 3.22. The third-order valence-electron chi connectivity index (χ3n) is 4.02. The number of rotatable bonds is 2. The van der Waals surface area contributed by atoms with Gasteiger partial charge in [-0.1, -0.05) is 19.4 Å². The highest BCUT2D eigenvalue weighted by Crippen LogP contribution is 2.46. The molecular weight excluding hydrogens is 188 g/mol. The van der Waals surface area contributed by atoms with Crippen molar-refractivity contribution in [2.45, 2.75) is 57.0 Å². The molecule has 0 heterocycles. The van der Waals surface area contributed by atoms with Crippen LogP contribution in [0.4, 0.5) is 0 Å². The first-order valence-corrected chi connectivity index (χ1v) is 6.12. The zero-order chi connectivity index (χ0) is 10.7. The number of carbonyl (C=O) groups is 1. The van der Waals surface area contributed by atoms with E-state index in [1.165, 1.54) is 44.6 Å². The van der Waals surface area contributed by atoms with E-state index in [2.05, 4.69) is 6.58 Å². The van der Waals surface area contributed by atoms with Crippen LogP contribution in [0, 0.1) is 5.92 Å². The molecule has 2 saturated carbocycles. The molecule has 0 aliphatic heterocycles. The first-order chi connectivity index (χ1) is 7.27. The number of ether oxygens (including phenoxy) is 1. The number of hydrogen-bond donors (Lipinski definition) is 0. The summed E-state index contributed by atoms with van der Waals surface area (Å²) in [6.07, 6.45) is 10.9. The van der Waals surface area contributed by atoms with Crippen molar-refractivity contribution in [3.8, 4) is 0 Å². The van der Waals surface area contributed by atoms with Gasteiger partial charge in [-0.15, -0.1) is 0 Å². The number of esters is 1. The monoisotopic (exact) mass is 208 g/mol. The summed E-state index contributed by atoms with van der Waals surface area (Å²) in [5, 5.41) is 0. The molecule has 2 aliphatic carbocycles. The maximum atomic E-state index is 11.4. The minimum Gasteiger partial charge on any atom is -0.456 e. The van der Waals surface area contributed by atoms with E-state index in [1.54, 1.807) is 0 Å². The van der Waals surface area contributed by atoms with Gasteiger partial charge in [0.2, 0.25) is 0 Å². The second-order valence-electron chi connectivity index (χ2n) is 4.88.